The minimum absolute atomic E-state index is 0.0944. The summed E-state index contributed by atoms with van der Waals surface area (Å²) in [6.45, 7) is 1.01. The van der Waals surface area contributed by atoms with Crippen molar-refractivity contribution < 1.29 is 14.3 Å². The number of carbonyl (C=O) groups is 1. The molecular weight excluding hydrogens is 380 g/mol. The Morgan fingerprint density at radius 3 is 2.70 bits per heavy atom. The Balaban J connectivity index is 1.51. The summed E-state index contributed by atoms with van der Waals surface area (Å²) in [5.41, 5.74) is 3.70. The topological polar surface area (TPSA) is 68.1 Å². The maximum Gasteiger partial charge on any atom is 0.262 e. The second-order valence-electron chi connectivity index (χ2n) is 7.23. The molecule has 1 amide bonds. The number of pyridine rings is 1. The lowest BCUT2D eigenvalue weighted by Crippen LogP contribution is -2.43. The van der Waals surface area contributed by atoms with E-state index in [1.54, 1.807) is 4.90 Å². The van der Waals surface area contributed by atoms with Gasteiger partial charge in [0.05, 0.1) is 11.3 Å². The van der Waals surface area contributed by atoms with E-state index >= 15 is 0 Å². The number of imidazole rings is 1. The van der Waals surface area contributed by atoms with E-state index in [2.05, 4.69) is 5.32 Å². The summed E-state index contributed by atoms with van der Waals surface area (Å²) in [6, 6.07) is 18.9. The molecular formula is C23H18N4O3. The molecule has 1 unspecified atom stereocenters. The van der Waals surface area contributed by atoms with Crippen LogP contribution in [0, 0.1) is 0 Å². The van der Waals surface area contributed by atoms with E-state index in [9.17, 15) is 4.79 Å². The van der Waals surface area contributed by atoms with Crippen molar-refractivity contribution >= 4 is 22.9 Å². The van der Waals surface area contributed by atoms with Crippen LogP contribution >= 0.6 is 0 Å². The molecule has 0 aliphatic carbocycles. The van der Waals surface area contributed by atoms with Crippen LogP contribution in [0.2, 0.25) is 0 Å². The van der Waals surface area contributed by atoms with Crippen LogP contribution in [0.25, 0.3) is 5.65 Å². The van der Waals surface area contributed by atoms with Gasteiger partial charge in [0, 0.05) is 24.1 Å². The molecule has 2 aromatic heterocycles. The quantitative estimate of drug-likeness (QED) is 0.555. The van der Waals surface area contributed by atoms with E-state index in [-0.39, 0.29) is 5.91 Å². The standard InChI is InChI=1S/C23H18N4O3/c28-23-16-5-1-2-6-17(16)25-22(18-14-26-10-4-3-7-21(26)24-18)27(23)15-8-9-19-20(13-15)30-12-11-29-19/h1-10,13-14,22,25H,11-12H2. The molecule has 1 N–H and O–H groups in total. The third kappa shape index (κ3) is 2.59. The monoisotopic (exact) mass is 398 g/mol. The summed E-state index contributed by atoms with van der Waals surface area (Å²) < 4.78 is 13.3. The number of hydrogen-bond donors (Lipinski definition) is 1. The first-order valence-corrected chi connectivity index (χ1v) is 9.80. The average Bonchev–Trinajstić information content (AvgIpc) is 3.23. The number of ether oxygens (including phenoxy) is 2. The third-order valence-electron chi connectivity index (χ3n) is 5.39. The molecule has 0 saturated heterocycles. The summed E-state index contributed by atoms with van der Waals surface area (Å²) in [6.07, 6.45) is 3.42. The van der Waals surface area contributed by atoms with Gasteiger partial charge in [-0.15, -0.1) is 0 Å². The number of nitrogens with one attached hydrogen (secondary N) is 1. The molecule has 6 rings (SSSR count). The molecule has 148 valence electrons. The predicted molar refractivity (Wildman–Crippen MR) is 112 cm³/mol. The fraction of sp³-hybridized carbons (Fsp3) is 0.130. The fourth-order valence-corrected chi connectivity index (χ4v) is 3.99. The SMILES string of the molecule is O=C1c2ccccc2NC(c2cn3ccccc3n2)N1c1ccc2c(c1)OCCO2. The molecule has 7 nitrogen and oxygen atoms in total. The third-order valence-corrected chi connectivity index (χ3v) is 5.39. The Morgan fingerprint density at radius 2 is 1.80 bits per heavy atom. The number of rotatable bonds is 2. The Bertz CT molecular complexity index is 1250. The van der Waals surface area contributed by atoms with Crippen LogP contribution in [0.3, 0.4) is 0 Å². The molecule has 0 saturated carbocycles. The van der Waals surface area contributed by atoms with E-state index < -0.39 is 6.17 Å². The average molecular weight is 398 g/mol. The maximum atomic E-state index is 13.6. The van der Waals surface area contributed by atoms with E-state index in [1.807, 2.05) is 77.5 Å². The number of benzene rings is 2. The van der Waals surface area contributed by atoms with Crippen molar-refractivity contribution in [2.24, 2.45) is 0 Å². The first kappa shape index (κ1) is 16.9. The molecule has 30 heavy (non-hydrogen) atoms. The zero-order valence-electron chi connectivity index (χ0n) is 16.0. The van der Waals surface area contributed by atoms with E-state index in [0.29, 0.717) is 36.0 Å². The molecule has 0 spiro atoms. The van der Waals surface area contributed by atoms with Crippen LogP contribution in [0.4, 0.5) is 11.4 Å². The number of hydrogen-bond acceptors (Lipinski definition) is 5. The summed E-state index contributed by atoms with van der Waals surface area (Å²) in [7, 11) is 0. The van der Waals surface area contributed by atoms with Gasteiger partial charge in [0.2, 0.25) is 0 Å². The molecule has 0 radical (unpaired) electrons. The summed E-state index contributed by atoms with van der Waals surface area (Å²) in [5, 5.41) is 3.49. The molecule has 4 heterocycles. The van der Waals surface area contributed by atoms with Gasteiger partial charge in [0.1, 0.15) is 24.6 Å². The predicted octanol–water partition coefficient (Wildman–Crippen LogP) is 3.88. The van der Waals surface area contributed by atoms with Gasteiger partial charge < -0.3 is 19.2 Å². The molecule has 4 aromatic rings. The second-order valence-corrected chi connectivity index (χ2v) is 7.23. The number of amides is 1. The minimum atomic E-state index is -0.463. The molecule has 0 bridgehead atoms. The molecule has 2 aromatic carbocycles. The lowest BCUT2D eigenvalue weighted by Gasteiger charge is -2.37. The van der Waals surface area contributed by atoms with Crippen LogP contribution in [-0.2, 0) is 0 Å². The van der Waals surface area contributed by atoms with Crippen molar-refractivity contribution in [2.45, 2.75) is 6.17 Å². The summed E-state index contributed by atoms with van der Waals surface area (Å²) >= 11 is 0. The van der Waals surface area contributed by atoms with Gasteiger partial charge >= 0.3 is 0 Å². The van der Waals surface area contributed by atoms with Crippen molar-refractivity contribution in [3.63, 3.8) is 0 Å². The van der Waals surface area contributed by atoms with Crippen molar-refractivity contribution in [3.05, 3.63) is 84.3 Å². The Hall–Kier alpha value is -4.00. The van der Waals surface area contributed by atoms with Crippen LogP contribution in [0.5, 0.6) is 11.5 Å². The van der Waals surface area contributed by atoms with Crippen LogP contribution < -0.4 is 19.7 Å². The highest BCUT2D eigenvalue weighted by Gasteiger charge is 2.36. The fourth-order valence-electron chi connectivity index (χ4n) is 3.99. The van der Waals surface area contributed by atoms with Gasteiger partial charge in [-0.05, 0) is 36.4 Å². The van der Waals surface area contributed by atoms with Crippen molar-refractivity contribution in [2.75, 3.05) is 23.4 Å². The highest BCUT2D eigenvalue weighted by Crippen LogP contribution is 2.40. The van der Waals surface area contributed by atoms with Crippen molar-refractivity contribution in [1.82, 2.24) is 9.38 Å². The molecule has 2 aliphatic rings. The maximum absolute atomic E-state index is 13.6. The van der Waals surface area contributed by atoms with Gasteiger partial charge in [0.15, 0.2) is 17.7 Å². The number of nitrogens with zero attached hydrogens (tertiary/aromatic N) is 3. The van der Waals surface area contributed by atoms with Crippen molar-refractivity contribution in [3.8, 4) is 11.5 Å². The van der Waals surface area contributed by atoms with Gasteiger partial charge in [-0.1, -0.05) is 18.2 Å². The van der Waals surface area contributed by atoms with E-state index in [0.717, 1.165) is 17.0 Å². The largest absolute Gasteiger partial charge is 0.486 e. The highest BCUT2D eigenvalue weighted by atomic mass is 16.6. The van der Waals surface area contributed by atoms with Gasteiger partial charge in [-0.2, -0.15) is 0 Å². The van der Waals surface area contributed by atoms with Gasteiger partial charge in [-0.3, -0.25) is 9.69 Å². The smallest absolute Gasteiger partial charge is 0.262 e. The second kappa shape index (κ2) is 6.52. The van der Waals surface area contributed by atoms with E-state index in [4.69, 9.17) is 14.5 Å². The molecule has 1 atom stereocenters. The Kier molecular flexibility index (Phi) is 3.67. The number of fused-ring (bicyclic) bond motifs is 3. The highest BCUT2D eigenvalue weighted by molar-refractivity contribution is 6.12. The number of carbonyl (C=O) groups excluding carboxylic acids is 1. The summed E-state index contributed by atoms with van der Waals surface area (Å²) in [5.74, 6) is 1.23. The van der Waals surface area contributed by atoms with E-state index in [1.165, 1.54) is 0 Å². The Labute approximate surface area is 172 Å². The zero-order chi connectivity index (χ0) is 20.1. The number of anilines is 2. The number of aromatic nitrogens is 2. The van der Waals surface area contributed by atoms with Crippen LogP contribution in [-0.4, -0.2) is 28.5 Å². The molecule has 7 heteroatoms. The minimum Gasteiger partial charge on any atom is -0.486 e. The van der Waals surface area contributed by atoms with Crippen molar-refractivity contribution in [1.29, 1.82) is 0 Å². The lowest BCUT2D eigenvalue weighted by molar-refractivity contribution is 0.0974. The number of para-hydroxylation sites is 1. The van der Waals surface area contributed by atoms with Gasteiger partial charge in [-0.25, -0.2) is 4.98 Å². The first-order chi connectivity index (χ1) is 14.8. The molecule has 0 fully saturated rings. The summed E-state index contributed by atoms with van der Waals surface area (Å²) in [4.78, 5) is 20.0. The lowest BCUT2D eigenvalue weighted by atomic mass is 10.1. The first-order valence-electron chi connectivity index (χ1n) is 9.80. The molecule has 2 aliphatic heterocycles. The van der Waals surface area contributed by atoms with Gasteiger partial charge in [0.25, 0.3) is 5.91 Å². The normalized spacial score (nSPS) is 17.5. The van der Waals surface area contributed by atoms with Crippen LogP contribution in [0.15, 0.2) is 73.1 Å². The zero-order valence-corrected chi connectivity index (χ0v) is 16.0. The Morgan fingerprint density at radius 1 is 0.967 bits per heavy atom. The van der Waals surface area contributed by atoms with Crippen LogP contribution in [0.1, 0.15) is 22.2 Å².